The highest BCUT2D eigenvalue weighted by atomic mass is 16.1. The molecule has 1 fully saturated rings. The molecule has 2 heteroatoms. The zero-order valence-electron chi connectivity index (χ0n) is 9.61. The summed E-state index contributed by atoms with van der Waals surface area (Å²) in [4.78, 5) is 24.7. The van der Waals surface area contributed by atoms with E-state index in [1.165, 1.54) is 0 Å². The standard InChI is InChI=1S/C15H14O2/c1-9-6-7-12-13(8-9)15(17)11-5-3-2-4-10(11)14(12)16/h2-5,12-13H,1,6-8H2. The molecule has 3 rings (SSSR count). The summed E-state index contributed by atoms with van der Waals surface area (Å²) in [5, 5.41) is 0. The van der Waals surface area contributed by atoms with Gasteiger partial charge < -0.3 is 0 Å². The van der Waals surface area contributed by atoms with Crippen molar-refractivity contribution in [2.45, 2.75) is 19.3 Å². The lowest BCUT2D eigenvalue weighted by molar-refractivity contribution is 0.0703. The summed E-state index contributed by atoms with van der Waals surface area (Å²) in [5.74, 6) is 0.0188. The van der Waals surface area contributed by atoms with Crippen LogP contribution < -0.4 is 0 Å². The third kappa shape index (κ3) is 1.47. The largest absolute Gasteiger partial charge is 0.294 e. The lowest BCUT2D eigenvalue weighted by Crippen LogP contribution is -2.38. The average molecular weight is 226 g/mol. The van der Waals surface area contributed by atoms with Gasteiger partial charge in [0.25, 0.3) is 0 Å². The number of hydrogen-bond acceptors (Lipinski definition) is 2. The van der Waals surface area contributed by atoms with Gasteiger partial charge in [-0.15, -0.1) is 0 Å². The number of carbonyl (C=O) groups excluding carboxylic acids is 2. The highest BCUT2D eigenvalue weighted by molar-refractivity contribution is 6.16. The van der Waals surface area contributed by atoms with E-state index >= 15 is 0 Å². The minimum Gasteiger partial charge on any atom is -0.294 e. The maximum atomic E-state index is 12.3. The Balaban J connectivity index is 2.11. The molecule has 0 heterocycles. The predicted octanol–water partition coefficient (Wildman–Crippen LogP) is 3.04. The lowest BCUT2D eigenvalue weighted by atomic mass is 9.66. The number of fused-ring (bicyclic) bond motifs is 2. The van der Waals surface area contributed by atoms with Crippen molar-refractivity contribution in [3.8, 4) is 0 Å². The summed E-state index contributed by atoms with van der Waals surface area (Å²) in [6, 6.07) is 7.19. The zero-order valence-corrected chi connectivity index (χ0v) is 9.61. The fourth-order valence-corrected chi connectivity index (χ4v) is 3.02. The summed E-state index contributed by atoms with van der Waals surface area (Å²) >= 11 is 0. The van der Waals surface area contributed by atoms with Gasteiger partial charge in [0.15, 0.2) is 11.6 Å². The fourth-order valence-electron chi connectivity index (χ4n) is 3.02. The maximum Gasteiger partial charge on any atom is 0.167 e. The van der Waals surface area contributed by atoms with E-state index in [0.717, 1.165) is 18.4 Å². The highest BCUT2D eigenvalue weighted by Crippen LogP contribution is 2.40. The molecular formula is C15H14O2. The van der Waals surface area contributed by atoms with Gasteiger partial charge in [-0.05, 0) is 19.3 Å². The smallest absolute Gasteiger partial charge is 0.167 e. The van der Waals surface area contributed by atoms with Gasteiger partial charge in [0.1, 0.15) is 0 Å². The molecule has 0 radical (unpaired) electrons. The topological polar surface area (TPSA) is 34.1 Å². The molecule has 1 saturated carbocycles. The third-order valence-corrected chi connectivity index (χ3v) is 3.93. The van der Waals surface area contributed by atoms with E-state index in [0.29, 0.717) is 17.5 Å². The number of hydrogen-bond donors (Lipinski definition) is 0. The minimum atomic E-state index is -0.154. The van der Waals surface area contributed by atoms with Crippen LogP contribution in [0, 0.1) is 11.8 Å². The third-order valence-electron chi connectivity index (χ3n) is 3.93. The summed E-state index contributed by atoms with van der Waals surface area (Å²) < 4.78 is 0. The lowest BCUT2D eigenvalue weighted by Gasteiger charge is -2.34. The molecule has 0 aromatic heterocycles. The van der Waals surface area contributed by atoms with E-state index in [-0.39, 0.29) is 23.4 Å². The number of allylic oxidation sites excluding steroid dienone is 1. The first-order valence-corrected chi connectivity index (χ1v) is 6.02. The van der Waals surface area contributed by atoms with E-state index in [1.54, 1.807) is 12.1 Å². The molecule has 0 saturated heterocycles. The second-order valence-electron chi connectivity index (χ2n) is 4.98. The van der Waals surface area contributed by atoms with Gasteiger partial charge in [-0.1, -0.05) is 36.4 Å². The number of benzene rings is 1. The van der Waals surface area contributed by atoms with Gasteiger partial charge in [0.05, 0.1) is 0 Å². The van der Waals surface area contributed by atoms with Crippen molar-refractivity contribution in [1.82, 2.24) is 0 Å². The molecule has 2 nitrogen and oxygen atoms in total. The molecule has 0 amide bonds. The second-order valence-corrected chi connectivity index (χ2v) is 4.98. The van der Waals surface area contributed by atoms with E-state index in [9.17, 15) is 9.59 Å². The number of carbonyl (C=O) groups is 2. The first kappa shape index (κ1) is 10.5. The van der Waals surface area contributed by atoms with Crippen molar-refractivity contribution in [2.24, 2.45) is 11.8 Å². The highest BCUT2D eigenvalue weighted by Gasteiger charge is 2.42. The Bertz CT molecular complexity index is 527. The molecule has 86 valence electrons. The van der Waals surface area contributed by atoms with Crippen LogP contribution in [0.5, 0.6) is 0 Å². The Morgan fingerprint density at radius 1 is 1.00 bits per heavy atom. The number of Topliss-reactive ketones (excluding diaryl/α,β-unsaturated/α-hetero) is 2. The maximum absolute atomic E-state index is 12.3. The van der Waals surface area contributed by atoms with Crippen LogP contribution in [0.1, 0.15) is 40.0 Å². The summed E-state index contributed by atoms with van der Waals surface area (Å²) in [6.45, 7) is 3.96. The van der Waals surface area contributed by atoms with Gasteiger partial charge in [-0.2, -0.15) is 0 Å². The number of rotatable bonds is 0. The van der Waals surface area contributed by atoms with Crippen molar-refractivity contribution in [3.63, 3.8) is 0 Å². The van der Waals surface area contributed by atoms with Crippen LogP contribution in [0.4, 0.5) is 0 Å². The monoisotopic (exact) mass is 226 g/mol. The Morgan fingerprint density at radius 3 is 2.24 bits per heavy atom. The predicted molar refractivity (Wildman–Crippen MR) is 65.1 cm³/mol. The van der Waals surface area contributed by atoms with Gasteiger partial charge in [-0.3, -0.25) is 9.59 Å². The Morgan fingerprint density at radius 2 is 1.59 bits per heavy atom. The molecule has 0 N–H and O–H groups in total. The molecule has 1 aromatic rings. The Labute approximate surface area is 100 Å². The van der Waals surface area contributed by atoms with Crippen molar-refractivity contribution in [1.29, 1.82) is 0 Å². The molecule has 17 heavy (non-hydrogen) atoms. The summed E-state index contributed by atoms with van der Waals surface area (Å²) in [7, 11) is 0. The average Bonchev–Trinajstić information content (AvgIpc) is 2.36. The van der Waals surface area contributed by atoms with E-state index in [2.05, 4.69) is 6.58 Å². The molecule has 0 aliphatic heterocycles. The first-order valence-electron chi connectivity index (χ1n) is 6.02. The summed E-state index contributed by atoms with van der Waals surface area (Å²) in [5.41, 5.74) is 2.33. The fraction of sp³-hybridized carbons (Fsp3) is 0.333. The van der Waals surface area contributed by atoms with Crippen LogP contribution in [0.3, 0.4) is 0 Å². The molecule has 1 aromatic carbocycles. The van der Waals surface area contributed by atoms with Gasteiger partial charge in [0.2, 0.25) is 0 Å². The van der Waals surface area contributed by atoms with Gasteiger partial charge in [-0.25, -0.2) is 0 Å². The van der Waals surface area contributed by atoms with Crippen LogP contribution in [0.15, 0.2) is 36.4 Å². The van der Waals surface area contributed by atoms with Gasteiger partial charge in [0, 0.05) is 23.0 Å². The Hall–Kier alpha value is -1.70. The molecule has 2 aliphatic carbocycles. The molecule has 2 unspecified atom stereocenters. The van der Waals surface area contributed by atoms with Crippen LogP contribution in [0.25, 0.3) is 0 Å². The van der Waals surface area contributed by atoms with Crippen LogP contribution in [-0.4, -0.2) is 11.6 Å². The normalized spacial score (nSPS) is 27.6. The molecular weight excluding hydrogens is 212 g/mol. The van der Waals surface area contributed by atoms with Crippen LogP contribution in [-0.2, 0) is 0 Å². The number of ketones is 2. The SMILES string of the molecule is C=C1CCC2C(=O)c3ccccc3C(=O)C2C1. The van der Waals surface area contributed by atoms with E-state index in [4.69, 9.17) is 0 Å². The molecule has 2 aliphatic rings. The van der Waals surface area contributed by atoms with Crippen molar-refractivity contribution < 1.29 is 9.59 Å². The van der Waals surface area contributed by atoms with Crippen molar-refractivity contribution >= 4 is 11.6 Å². The molecule has 2 atom stereocenters. The van der Waals surface area contributed by atoms with Crippen LogP contribution >= 0.6 is 0 Å². The Kier molecular flexibility index (Phi) is 2.25. The second kappa shape index (κ2) is 3.66. The molecule has 0 bridgehead atoms. The summed E-state index contributed by atoms with van der Waals surface area (Å²) in [6.07, 6.45) is 2.34. The van der Waals surface area contributed by atoms with E-state index in [1.807, 2.05) is 12.1 Å². The molecule has 0 spiro atoms. The van der Waals surface area contributed by atoms with E-state index < -0.39 is 0 Å². The van der Waals surface area contributed by atoms with Crippen molar-refractivity contribution in [3.05, 3.63) is 47.5 Å². The van der Waals surface area contributed by atoms with Crippen LogP contribution in [0.2, 0.25) is 0 Å². The minimum absolute atomic E-state index is 0.108. The zero-order chi connectivity index (χ0) is 12.0. The first-order chi connectivity index (χ1) is 8.18. The van der Waals surface area contributed by atoms with Gasteiger partial charge >= 0.3 is 0 Å². The van der Waals surface area contributed by atoms with Crippen molar-refractivity contribution in [2.75, 3.05) is 0 Å². The quantitative estimate of drug-likeness (QED) is 0.637.